The Hall–Kier alpha value is -2.12. The lowest BCUT2D eigenvalue weighted by molar-refractivity contribution is 0.405. The first kappa shape index (κ1) is 19.2. The van der Waals surface area contributed by atoms with Crippen molar-refractivity contribution >= 4 is 27.3 Å². The van der Waals surface area contributed by atoms with Gasteiger partial charge < -0.3 is 14.2 Å². The van der Waals surface area contributed by atoms with Gasteiger partial charge in [0.25, 0.3) is 10.0 Å². The topological polar surface area (TPSA) is 73.9 Å². The standard InChI is InChI=1S/C17H20ClNO5S/c1-5-11-8-12(6-7-15(11)22-2)25(20,21)19-14-10-16(23-3)13(18)9-17(14)24-4/h6-10,19H,5H2,1-4H3. The molecule has 0 spiro atoms. The predicted octanol–water partition coefficient (Wildman–Crippen LogP) is 3.73. The first-order valence-electron chi connectivity index (χ1n) is 7.47. The van der Waals surface area contributed by atoms with Gasteiger partial charge in [0.15, 0.2) is 0 Å². The van der Waals surface area contributed by atoms with Crippen molar-refractivity contribution < 1.29 is 22.6 Å². The van der Waals surface area contributed by atoms with E-state index < -0.39 is 10.0 Å². The summed E-state index contributed by atoms with van der Waals surface area (Å²) in [6, 6.07) is 7.67. The summed E-state index contributed by atoms with van der Waals surface area (Å²) in [5, 5.41) is 0.319. The summed E-state index contributed by atoms with van der Waals surface area (Å²) in [4.78, 5) is 0.126. The molecule has 8 heteroatoms. The Morgan fingerprint density at radius 3 is 2.16 bits per heavy atom. The van der Waals surface area contributed by atoms with Gasteiger partial charge in [0, 0.05) is 12.1 Å². The smallest absolute Gasteiger partial charge is 0.262 e. The summed E-state index contributed by atoms with van der Waals surface area (Å²) in [6.07, 6.45) is 0.643. The van der Waals surface area contributed by atoms with Crippen LogP contribution < -0.4 is 18.9 Å². The van der Waals surface area contributed by atoms with Gasteiger partial charge in [0.2, 0.25) is 0 Å². The highest BCUT2D eigenvalue weighted by molar-refractivity contribution is 7.92. The molecule has 136 valence electrons. The summed E-state index contributed by atoms with van der Waals surface area (Å²) < 4.78 is 43.6. The fourth-order valence-corrected chi connectivity index (χ4v) is 3.68. The summed E-state index contributed by atoms with van der Waals surface area (Å²) in [5.41, 5.74) is 1.03. The molecule has 2 rings (SSSR count). The molecule has 6 nitrogen and oxygen atoms in total. The molecule has 0 unspecified atom stereocenters. The van der Waals surface area contributed by atoms with E-state index in [4.69, 9.17) is 25.8 Å². The van der Waals surface area contributed by atoms with E-state index in [2.05, 4.69) is 4.72 Å². The first-order valence-corrected chi connectivity index (χ1v) is 9.33. The molecule has 0 saturated carbocycles. The normalized spacial score (nSPS) is 11.1. The van der Waals surface area contributed by atoms with Crippen LogP contribution >= 0.6 is 11.6 Å². The third-order valence-electron chi connectivity index (χ3n) is 3.66. The summed E-state index contributed by atoms with van der Waals surface area (Å²) in [6.45, 7) is 1.93. The van der Waals surface area contributed by atoms with E-state index in [0.717, 1.165) is 5.56 Å². The second kappa shape index (κ2) is 7.84. The van der Waals surface area contributed by atoms with Crippen LogP contribution in [-0.2, 0) is 16.4 Å². The molecule has 0 aromatic heterocycles. The number of ether oxygens (including phenoxy) is 3. The van der Waals surface area contributed by atoms with Crippen LogP contribution in [0.2, 0.25) is 5.02 Å². The fourth-order valence-electron chi connectivity index (χ4n) is 2.34. The van der Waals surface area contributed by atoms with Crippen LogP contribution in [0.25, 0.3) is 0 Å². The average molecular weight is 386 g/mol. The number of sulfonamides is 1. The maximum atomic E-state index is 12.7. The van der Waals surface area contributed by atoms with Gasteiger partial charge in [-0.15, -0.1) is 0 Å². The lowest BCUT2D eigenvalue weighted by Gasteiger charge is -2.15. The fraction of sp³-hybridized carbons (Fsp3) is 0.294. The van der Waals surface area contributed by atoms with Crippen molar-refractivity contribution in [2.75, 3.05) is 26.1 Å². The van der Waals surface area contributed by atoms with Crippen molar-refractivity contribution in [3.63, 3.8) is 0 Å². The zero-order valence-corrected chi connectivity index (χ0v) is 16.0. The highest BCUT2D eigenvalue weighted by Gasteiger charge is 2.20. The molecule has 0 aliphatic carbocycles. The van der Waals surface area contributed by atoms with Crippen molar-refractivity contribution in [1.29, 1.82) is 0 Å². The minimum absolute atomic E-state index is 0.126. The molecule has 0 radical (unpaired) electrons. The number of aryl methyl sites for hydroxylation is 1. The third-order valence-corrected chi connectivity index (χ3v) is 5.32. The molecule has 0 saturated heterocycles. The van der Waals surface area contributed by atoms with Crippen LogP contribution in [0.15, 0.2) is 35.2 Å². The molecule has 0 bridgehead atoms. The Balaban J connectivity index is 2.45. The van der Waals surface area contributed by atoms with Gasteiger partial charge in [0.05, 0.1) is 36.9 Å². The van der Waals surface area contributed by atoms with Gasteiger partial charge in [-0.1, -0.05) is 18.5 Å². The van der Waals surface area contributed by atoms with Gasteiger partial charge in [-0.3, -0.25) is 4.72 Å². The number of anilines is 1. The molecule has 0 fully saturated rings. The monoisotopic (exact) mass is 385 g/mol. The second-order valence-corrected chi connectivity index (χ2v) is 7.21. The van der Waals surface area contributed by atoms with E-state index in [9.17, 15) is 8.42 Å². The lowest BCUT2D eigenvalue weighted by Crippen LogP contribution is -2.14. The van der Waals surface area contributed by atoms with Gasteiger partial charge in [0.1, 0.15) is 17.2 Å². The van der Waals surface area contributed by atoms with E-state index in [-0.39, 0.29) is 10.6 Å². The predicted molar refractivity (Wildman–Crippen MR) is 97.7 cm³/mol. The van der Waals surface area contributed by atoms with Crippen molar-refractivity contribution in [2.45, 2.75) is 18.2 Å². The molecule has 0 heterocycles. The maximum Gasteiger partial charge on any atom is 0.262 e. The molecule has 2 aromatic carbocycles. The molecule has 25 heavy (non-hydrogen) atoms. The zero-order valence-electron chi connectivity index (χ0n) is 14.4. The molecule has 0 aliphatic rings. The van der Waals surface area contributed by atoms with Crippen molar-refractivity contribution in [3.05, 3.63) is 40.9 Å². The van der Waals surface area contributed by atoms with Crippen molar-refractivity contribution in [3.8, 4) is 17.2 Å². The average Bonchev–Trinajstić information content (AvgIpc) is 2.61. The van der Waals surface area contributed by atoms with Crippen LogP contribution in [0.5, 0.6) is 17.2 Å². The SMILES string of the molecule is CCc1cc(S(=O)(=O)Nc2cc(OC)c(Cl)cc2OC)ccc1OC. The molecule has 0 amide bonds. The zero-order chi connectivity index (χ0) is 18.6. The number of nitrogens with one attached hydrogen (secondary N) is 1. The summed E-state index contributed by atoms with van der Waals surface area (Å²) >= 11 is 6.05. The Kier molecular flexibility index (Phi) is 6.02. The Morgan fingerprint density at radius 2 is 1.60 bits per heavy atom. The van der Waals surface area contributed by atoms with Gasteiger partial charge in [-0.25, -0.2) is 8.42 Å². The number of halogens is 1. The highest BCUT2D eigenvalue weighted by atomic mass is 35.5. The minimum Gasteiger partial charge on any atom is -0.496 e. The summed E-state index contributed by atoms with van der Waals surface area (Å²) in [5.74, 6) is 1.27. The Bertz CT molecular complexity index is 868. The number of hydrogen-bond acceptors (Lipinski definition) is 5. The largest absolute Gasteiger partial charge is 0.496 e. The van der Waals surface area contributed by atoms with E-state index in [1.165, 1.54) is 32.4 Å². The molecule has 0 aliphatic heterocycles. The van der Waals surface area contributed by atoms with Crippen LogP contribution in [0.3, 0.4) is 0 Å². The van der Waals surface area contributed by atoms with E-state index in [0.29, 0.717) is 28.7 Å². The van der Waals surface area contributed by atoms with Crippen LogP contribution in [0, 0.1) is 0 Å². The van der Waals surface area contributed by atoms with Crippen molar-refractivity contribution in [2.24, 2.45) is 0 Å². The quantitative estimate of drug-likeness (QED) is 0.786. The van der Waals surface area contributed by atoms with E-state index in [1.807, 2.05) is 6.92 Å². The number of benzene rings is 2. The van der Waals surface area contributed by atoms with E-state index >= 15 is 0 Å². The number of hydrogen-bond donors (Lipinski definition) is 1. The third kappa shape index (κ3) is 4.11. The number of rotatable bonds is 7. The Labute approximate surface area is 152 Å². The lowest BCUT2D eigenvalue weighted by atomic mass is 10.1. The van der Waals surface area contributed by atoms with Gasteiger partial charge in [-0.05, 0) is 30.2 Å². The molecule has 2 aromatic rings. The number of methoxy groups -OCH3 is 3. The van der Waals surface area contributed by atoms with Gasteiger partial charge in [-0.2, -0.15) is 0 Å². The first-order chi connectivity index (χ1) is 11.9. The Morgan fingerprint density at radius 1 is 0.960 bits per heavy atom. The van der Waals surface area contributed by atoms with Crippen LogP contribution in [0.4, 0.5) is 5.69 Å². The molecule has 1 N–H and O–H groups in total. The second-order valence-electron chi connectivity index (χ2n) is 5.12. The van der Waals surface area contributed by atoms with Gasteiger partial charge >= 0.3 is 0 Å². The highest BCUT2D eigenvalue weighted by Crippen LogP contribution is 2.37. The maximum absolute atomic E-state index is 12.7. The summed E-state index contributed by atoms with van der Waals surface area (Å²) in [7, 11) is 0.598. The van der Waals surface area contributed by atoms with Crippen LogP contribution in [0.1, 0.15) is 12.5 Å². The van der Waals surface area contributed by atoms with E-state index in [1.54, 1.807) is 19.2 Å². The minimum atomic E-state index is -3.83. The molecular weight excluding hydrogens is 366 g/mol. The molecular formula is C17H20ClNO5S. The van der Waals surface area contributed by atoms with Crippen molar-refractivity contribution in [1.82, 2.24) is 0 Å². The molecule has 0 atom stereocenters. The van der Waals surface area contributed by atoms with Crippen LogP contribution in [-0.4, -0.2) is 29.7 Å².